The number of hydrogen-bond acceptors (Lipinski definition) is 7. The molecule has 1 unspecified atom stereocenters. The number of ether oxygens (including phenoxy) is 2. The van der Waals surface area contributed by atoms with E-state index in [0.29, 0.717) is 19.1 Å². The fraction of sp³-hybridized carbons (Fsp3) is 0.408. The summed E-state index contributed by atoms with van der Waals surface area (Å²) >= 11 is 0. The predicted octanol–water partition coefficient (Wildman–Crippen LogP) is 8.83. The average molecular weight is 790 g/mol. The number of imidazole rings is 2. The largest absolute Gasteiger partial charge is 0.492 e. The molecule has 7 heterocycles. The molecule has 0 saturated carbocycles. The Morgan fingerprint density at radius 3 is 2.27 bits per heavy atom. The van der Waals surface area contributed by atoms with Crippen molar-refractivity contribution in [3.63, 3.8) is 0 Å². The first kappa shape index (κ1) is 37.9. The lowest BCUT2D eigenvalue weighted by Gasteiger charge is -2.41. The highest BCUT2D eigenvalue weighted by atomic mass is 16.5. The summed E-state index contributed by atoms with van der Waals surface area (Å²) in [6.07, 6.45) is 18.4. The SMILES string of the molecule is O=C([C@H]1CCCO1)N1CCC[C@H]1c1nc(-c2ccc(-c3ccc(-c4cnc([C@@H]5CCCN5CC(C5=CC=CCO5)N5CCC(c6ccccc6)CC5)[nH]4)cc3)cc2)c[nH]1. The van der Waals surface area contributed by atoms with E-state index in [-0.39, 0.29) is 30.1 Å². The fourth-order valence-corrected chi connectivity index (χ4v) is 10.1. The maximum atomic E-state index is 13.2. The number of carbonyl (C=O) groups excluding carboxylic acids is 1. The number of nitrogens with one attached hydrogen (secondary N) is 2. The number of amides is 1. The van der Waals surface area contributed by atoms with Gasteiger partial charge in [-0.1, -0.05) is 84.9 Å². The van der Waals surface area contributed by atoms with Gasteiger partial charge in [0.15, 0.2) is 0 Å². The Morgan fingerprint density at radius 1 is 0.780 bits per heavy atom. The fourth-order valence-electron chi connectivity index (χ4n) is 10.1. The molecule has 1 amide bonds. The number of rotatable bonds is 11. The predicted molar refractivity (Wildman–Crippen MR) is 230 cm³/mol. The van der Waals surface area contributed by atoms with E-state index in [2.05, 4.69) is 117 Å². The van der Waals surface area contributed by atoms with Crippen LogP contribution < -0.4 is 0 Å². The lowest BCUT2D eigenvalue weighted by Crippen LogP contribution is -2.48. The molecule has 2 aromatic heterocycles. The zero-order valence-electron chi connectivity index (χ0n) is 33.8. The molecule has 3 aromatic carbocycles. The van der Waals surface area contributed by atoms with Crippen molar-refractivity contribution >= 4 is 5.91 Å². The summed E-state index contributed by atoms with van der Waals surface area (Å²) in [5, 5.41) is 0. The highest BCUT2D eigenvalue weighted by Crippen LogP contribution is 2.37. The summed E-state index contributed by atoms with van der Waals surface area (Å²) in [4.78, 5) is 37.5. The minimum atomic E-state index is -0.298. The van der Waals surface area contributed by atoms with E-state index in [4.69, 9.17) is 19.4 Å². The van der Waals surface area contributed by atoms with Crippen LogP contribution in [0.1, 0.15) is 86.6 Å². The van der Waals surface area contributed by atoms with E-state index in [0.717, 1.165) is 122 Å². The minimum absolute atomic E-state index is 0.0236. The zero-order valence-corrected chi connectivity index (χ0v) is 33.8. The Morgan fingerprint density at radius 2 is 1.53 bits per heavy atom. The van der Waals surface area contributed by atoms with Gasteiger partial charge in [0.05, 0.1) is 35.7 Å². The van der Waals surface area contributed by atoms with Crippen molar-refractivity contribution in [2.24, 2.45) is 0 Å². The second-order valence-electron chi connectivity index (χ2n) is 16.9. The number of likely N-dealkylation sites (tertiary alicyclic amines) is 3. The van der Waals surface area contributed by atoms with E-state index in [1.807, 2.05) is 17.3 Å². The average Bonchev–Trinajstić information content (AvgIpc) is 4.17. The van der Waals surface area contributed by atoms with Gasteiger partial charge in [0.1, 0.15) is 30.1 Å². The van der Waals surface area contributed by atoms with Gasteiger partial charge in [-0.15, -0.1) is 0 Å². The third-order valence-electron chi connectivity index (χ3n) is 13.4. The first-order valence-corrected chi connectivity index (χ1v) is 21.9. The molecule has 10 nitrogen and oxygen atoms in total. The van der Waals surface area contributed by atoms with Crippen LogP contribution in [-0.2, 0) is 14.3 Å². The molecule has 0 aliphatic carbocycles. The molecule has 304 valence electrons. The molecule has 4 saturated heterocycles. The standard InChI is InChI=1S/C49H55N7O3/c57-49(46-14-8-30-59-46)56-26-7-12-43(56)48-51-32-41(53-48)39-21-17-36(18-22-39)35-15-19-38(20-16-35)40-31-50-47(52-40)42-11-6-25-55(42)33-44(45-13-4-5-29-58-45)54-27-23-37(24-28-54)34-9-2-1-3-10-34/h1-5,9-10,13,15-22,31-32,37,42-44,46H,6-8,11-12,14,23-30,33H2,(H,50,52)(H,51,53)/t42-,43-,44?,46+/m0/s1. The number of nitrogens with zero attached hydrogens (tertiary/aromatic N) is 5. The first-order valence-electron chi connectivity index (χ1n) is 21.9. The van der Waals surface area contributed by atoms with Gasteiger partial charge in [0.2, 0.25) is 0 Å². The summed E-state index contributed by atoms with van der Waals surface area (Å²) in [5.74, 6) is 3.73. The minimum Gasteiger partial charge on any atom is -0.492 e. The van der Waals surface area contributed by atoms with Crippen molar-refractivity contribution in [1.82, 2.24) is 34.6 Å². The molecule has 5 aliphatic rings. The summed E-state index contributed by atoms with van der Waals surface area (Å²) in [7, 11) is 0. The molecule has 10 heteroatoms. The van der Waals surface area contributed by atoms with E-state index in [1.54, 1.807) is 0 Å². The van der Waals surface area contributed by atoms with Crippen LogP contribution >= 0.6 is 0 Å². The number of allylic oxidation sites excluding steroid dienone is 2. The van der Waals surface area contributed by atoms with Gasteiger partial charge in [-0.3, -0.25) is 14.6 Å². The molecule has 0 bridgehead atoms. The topological polar surface area (TPSA) is 103 Å². The maximum absolute atomic E-state index is 13.2. The van der Waals surface area contributed by atoms with Crippen molar-refractivity contribution in [2.75, 3.05) is 45.9 Å². The quantitative estimate of drug-likeness (QED) is 0.138. The third kappa shape index (κ3) is 8.06. The van der Waals surface area contributed by atoms with Crippen molar-refractivity contribution in [3.8, 4) is 33.6 Å². The molecule has 5 aromatic rings. The maximum Gasteiger partial charge on any atom is 0.252 e. The van der Waals surface area contributed by atoms with Crippen LogP contribution in [-0.4, -0.2) is 98.6 Å². The van der Waals surface area contributed by atoms with Gasteiger partial charge in [-0.05, 0) is 111 Å². The van der Waals surface area contributed by atoms with Crippen LogP contribution in [0, 0.1) is 0 Å². The van der Waals surface area contributed by atoms with Gasteiger partial charge in [-0.2, -0.15) is 0 Å². The molecule has 4 fully saturated rings. The number of carbonyl (C=O) groups is 1. The van der Waals surface area contributed by atoms with Gasteiger partial charge >= 0.3 is 0 Å². The Hall–Kier alpha value is -5.29. The molecule has 0 radical (unpaired) electrons. The number of aromatic amines is 2. The summed E-state index contributed by atoms with van der Waals surface area (Å²) in [6.45, 7) is 6.22. The van der Waals surface area contributed by atoms with E-state index in [9.17, 15) is 4.79 Å². The molecule has 5 aliphatic heterocycles. The van der Waals surface area contributed by atoms with Crippen LogP contribution in [0.3, 0.4) is 0 Å². The molecular weight excluding hydrogens is 735 g/mol. The lowest BCUT2D eigenvalue weighted by atomic mass is 9.88. The van der Waals surface area contributed by atoms with Gasteiger partial charge < -0.3 is 24.3 Å². The van der Waals surface area contributed by atoms with Crippen molar-refractivity contribution < 1.29 is 14.3 Å². The number of piperidine rings is 1. The van der Waals surface area contributed by atoms with Crippen molar-refractivity contribution in [3.05, 3.63) is 132 Å². The van der Waals surface area contributed by atoms with Gasteiger partial charge in [0.25, 0.3) is 5.91 Å². The second kappa shape index (κ2) is 17.1. The zero-order chi connectivity index (χ0) is 39.5. The normalized spacial score (nSPS) is 23.4. The first-order chi connectivity index (χ1) is 29.1. The van der Waals surface area contributed by atoms with Crippen molar-refractivity contribution in [1.29, 1.82) is 0 Å². The number of benzene rings is 3. The lowest BCUT2D eigenvalue weighted by molar-refractivity contribution is -0.142. The summed E-state index contributed by atoms with van der Waals surface area (Å²) < 4.78 is 12.0. The molecule has 2 N–H and O–H groups in total. The van der Waals surface area contributed by atoms with Crippen LogP contribution in [0.15, 0.2) is 115 Å². The highest BCUT2D eigenvalue weighted by Gasteiger charge is 2.38. The van der Waals surface area contributed by atoms with Gasteiger partial charge in [0, 0.05) is 31.5 Å². The monoisotopic (exact) mass is 789 g/mol. The Bertz CT molecular complexity index is 2250. The van der Waals surface area contributed by atoms with Gasteiger partial charge in [-0.25, -0.2) is 9.97 Å². The molecule has 59 heavy (non-hydrogen) atoms. The summed E-state index contributed by atoms with van der Waals surface area (Å²) in [6, 6.07) is 28.8. The van der Waals surface area contributed by atoms with Crippen molar-refractivity contribution in [2.45, 2.75) is 81.5 Å². The molecular formula is C49H55N7O3. The Labute approximate surface area is 347 Å². The van der Waals surface area contributed by atoms with E-state index in [1.165, 1.54) is 18.4 Å². The van der Waals surface area contributed by atoms with Crippen LogP contribution in [0.2, 0.25) is 0 Å². The van der Waals surface area contributed by atoms with E-state index < -0.39 is 0 Å². The smallest absolute Gasteiger partial charge is 0.252 e. The third-order valence-corrected chi connectivity index (χ3v) is 13.4. The van der Waals surface area contributed by atoms with Crippen LogP contribution in [0.5, 0.6) is 0 Å². The molecule has 10 rings (SSSR count). The van der Waals surface area contributed by atoms with Crippen LogP contribution in [0.4, 0.5) is 0 Å². The Balaban J connectivity index is 0.784. The molecule has 0 spiro atoms. The molecule has 4 atom stereocenters. The number of H-pyrrole nitrogens is 2. The number of hydrogen-bond donors (Lipinski definition) is 2. The summed E-state index contributed by atoms with van der Waals surface area (Å²) in [5.41, 5.74) is 7.89. The highest BCUT2D eigenvalue weighted by molar-refractivity contribution is 5.82. The van der Waals surface area contributed by atoms with Crippen LogP contribution in [0.25, 0.3) is 33.6 Å². The van der Waals surface area contributed by atoms with E-state index >= 15 is 0 Å². The Kier molecular flexibility index (Phi) is 11.0. The second-order valence-corrected chi connectivity index (χ2v) is 16.9. The number of aromatic nitrogens is 4.